The average Bonchev–Trinajstić information content (AvgIpc) is 2.32. The van der Waals surface area contributed by atoms with Crippen molar-refractivity contribution in [1.82, 2.24) is 0 Å². The van der Waals surface area contributed by atoms with Crippen LogP contribution in [0, 0.1) is 0 Å². The SMILES string of the molecule is CC.CCc1ccc(NSC)c(C=O)c1. The average molecular weight is 225 g/mol. The maximum Gasteiger partial charge on any atom is 0.152 e. The maximum atomic E-state index is 10.7. The fraction of sp³-hybridized carbons (Fsp3) is 0.417. The van der Waals surface area contributed by atoms with Gasteiger partial charge in [0.15, 0.2) is 6.29 Å². The van der Waals surface area contributed by atoms with Gasteiger partial charge in [0, 0.05) is 11.8 Å². The highest BCUT2D eigenvalue weighted by molar-refractivity contribution is 7.99. The molecule has 1 rings (SSSR count). The molecule has 2 nitrogen and oxygen atoms in total. The van der Waals surface area contributed by atoms with E-state index in [1.807, 2.05) is 38.3 Å². The number of aldehydes is 1. The molecule has 0 aromatic heterocycles. The summed E-state index contributed by atoms with van der Waals surface area (Å²) in [6.45, 7) is 6.07. The molecule has 0 atom stereocenters. The first kappa shape index (κ1) is 14.0. The van der Waals surface area contributed by atoms with Gasteiger partial charge in [0.2, 0.25) is 0 Å². The van der Waals surface area contributed by atoms with Crippen LogP contribution >= 0.6 is 11.9 Å². The first-order valence-electron chi connectivity index (χ1n) is 5.19. The Morgan fingerprint density at radius 3 is 2.53 bits per heavy atom. The summed E-state index contributed by atoms with van der Waals surface area (Å²) in [5.74, 6) is 0. The third-order valence-corrected chi connectivity index (χ3v) is 2.29. The summed E-state index contributed by atoms with van der Waals surface area (Å²) in [6, 6.07) is 5.90. The van der Waals surface area contributed by atoms with E-state index in [0.29, 0.717) is 0 Å². The minimum atomic E-state index is 0.730. The molecule has 15 heavy (non-hydrogen) atoms. The molecule has 1 N–H and O–H groups in total. The Hall–Kier alpha value is -0.960. The molecule has 84 valence electrons. The van der Waals surface area contributed by atoms with Crippen LogP contribution in [0.15, 0.2) is 18.2 Å². The Kier molecular flexibility index (Phi) is 7.82. The lowest BCUT2D eigenvalue weighted by molar-refractivity contribution is 0.112. The molecule has 0 radical (unpaired) electrons. The summed E-state index contributed by atoms with van der Waals surface area (Å²) in [4.78, 5) is 10.7. The number of nitrogens with one attached hydrogen (secondary N) is 1. The zero-order chi connectivity index (χ0) is 11.7. The molecule has 1 aromatic carbocycles. The van der Waals surface area contributed by atoms with Gasteiger partial charge in [-0.15, -0.1) is 0 Å². The van der Waals surface area contributed by atoms with E-state index >= 15 is 0 Å². The summed E-state index contributed by atoms with van der Waals surface area (Å²) >= 11 is 1.49. The smallest absolute Gasteiger partial charge is 0.152 e. The van der Waals surface area contributed by atoms with Gasteiger partial charge in [0.1, 0.15) is 0 Å². The molecule has 0 unspecified atom stereocenters. The quantitative estimate of drug-likeness (QED) is 0.624. The van der Waals surface area contributed by atoms with Crippen molar-refractivity contribution in [2.24, 2.45) is 0 Å². The summed E-state index contributed by atoms with van der Waals surface area (Å²) in [7, 11) is 0. The highest BCUT2D eigenvalue weighted by atomic mass is 32.2. The summed E-state index contributed by atoms with van der Waals surface area (Å²) in [6.07, 6.45) is 3.78. The number of benzene rings is 1. The van der Waals surface area contributed by atoms with Crippen LogP contribution in [0.3, 0.4) is 0 Å². The van der Waals surface area contributed by atoms with Crippen LogP contribution in [-0.2, 0) is 6.42 Å². The molecule has 0 aliphatic heterocycles. The van der Waals surface area contributed by atoms with Gasteiger partial charge >= 0.3 is 0 Å². The second-order valence-corrected chi connectivity index (χ2v) is 3.31. The van der Waals surface area contributed by atoms with Crippen LogP contribution in [0.2, 0.25) is 0 Å². The minimum absolute atomic E-state index is 0.730. The van der Waals surface area contributed by atoms with Crippen LogP contribution in [-0.4, -0.2) is 12.5 Å². The van der Waals surface area contributed by atoms with Gasteiger partial charge in [-0.1, -0.05) is 38.8 Å². The van der Waals surface area contributed by atoms with E-state index in [-0.39, 0.29) is 0 Å². The number of anilines is 1. The van der Waals surface area contributed by atoms with Crippen LogP contribution in [0.5, 0.6) is 0 Å². The zero-order valence-electron chi connectivity index (χ0n) is 9.83. The molecule has 3 heteroatoms. The molecular formula is C12H19NOS. The van der Waals surface area contributed by atoms with Crippen molar-refractivity contribution in [3.8, 4) is 0 Å². The van der Waals surface area contributed by atoms with Crippen molar-refractivity contribution in [2.45, 2.75) is 27.2 Å². The molecule has 0 aliphatic rings. The second-order valence-electron chi connectivity index (χ2n) is 2.70. The van der Waals surface area contributed by atoms with Crippen molar-refractivity contribution in [2.75, 3.05) is 11.0 Å². The lowest BCUT2D eigenvalue weighted by Gasteiger charge is -2.06. The Morgan fingerprint density at radius 1 is 1.40 bits per heavy atom. The molecule has 0 bridgehead atoms. The molecule has 0 fully saturated rings. The zero-order valence-corrected chi connectivity index (χ0v) is 10.6. The van der Waals surface area contributed by atoms with E-state index < -0.39 is 0 Å². The molecule has 0 spiro atoms. The molecule has 0 saturated carbocycles. The number of hydrogen-bond acceptors (Lipinski definition) is 3. The van der Waals surface area contributed by atoms with E-state index in [4.69, 9.17) is 0 Å². The van der Waals surface area contributed by atoms with Crippen LogP contribution in [0.1, 0.15) is 36.7 Å². The normalized spacial score (nSPS) is 8.80. The van der Waals surface area contributed by atoms with Gasteiger partial charge in [-0.05, 0) is 24.1 Å². The fourth-order valence-corrected chi connectivity index (χ4v) is 1.54. The van der Waals surface area contributed by atoms with Gasteiger partial charge < -0.3 is 4.72 Å². The highest BCUT2D eigenvalue weighted by Gasteiger charge is 2.00. The largest absolute Gasteiger partial charge is 0.329 e. The molecule has 0 heterocycles. The number of rotatable bonds is 4. The second kappa shape index (κ2) is 8.36. The van der Waals surface area contributed by atoms with Crippen molar-refractivity contribution in [1.29, 1.82) is 0 Å². The predicted octanol–water partition coefficient (Wildman–Crippen LogP) is 3.78. The van der Waals surface area contributed by atoms with E-state index in [1.165, 1.54) is 17.5 Å². The van der Waals surface area contributed by atoms with Gasteiger partial charge in [-0.25, -0.2) is 0 Å². The Bertz CT molecular complexity index is 300. The van der Waals surface area contributed by atoms with Gasteiger partial charge in [0.05, 0.1) is 5.69 Å². The van der Waals surface area contributed by atoms with Crippen LogP contribution < -0.4 is 4.72 Å². The number of carbonyl (C=O) groups excluding carboxylic acids is 1. The van der Waals surface area contributed by atoms with Crippen molar-refractivity contribution in [3.05, 3.63) is 29.3 Å². The molecule has 1 aromatic rings. The van der Waals surface area contributed by atoms with Gasteiger partial charge in [0.25, 0.3) is 0 Å². The summed E-state index contributed by atoms with van der Waals surface area (Å²) < 4.78 is 3.06. The third-order valence-electron chi connectivity index (χ3n) is 1.86. The Labute approximate surface area is 96.6 Å². The minimum Gasteiger partial charge on any atom is -0.329 e. The first-order chi connectivity index (χ1) is 7.31. The van der Waals surface area contributed by atoms with E-state index in [0.717, 1.165) is 24.0 Å². The predicted molar refractivity (Wildman–Crippen MR) is 69.7 cm³/mol. The lowest BCUT2D eigenvalue weighted by Crippen LogP contribution is -1.93. The monoisotopic (exact) mass is 225 g/mol. The topological polar surface area (TPSA) is 29.1 Å². The van der Waals surface area contributed by atoms with E-state index in [9.17, 15) is 4.79 Å². The van der Waals surface area contributed by atoms with Crippen molar-refractivity contribution >= 4 is 23.9 Å². The summed E-state index contributed by atoms with van der Waals surface area (Å²) in [5, 5.41) is 0. The van der Waals surface area contributed by atoms with Crippen LogP contribution in [0.25, 0.3) is 0 Å². The Morgan fingerprint density at radius 2 is 2.07 bits per heavy atom. The molecule has 0 saturated heterocycles. The Balaban J connectivity index is 0.000000921. The molecular weight excluding hydrogens is 206 g/mol. The fourth-order valence-electron chi connectivity index (χ4n) is 1.13. The number of aryl methyl sites for hydroxylation is 1. The number of carbonyl (C=O) groups is 1. The molecule has 0 aliphatic carbocycles. The molecule has 0 amide bonds. The maximum absolute atomic E-state index is 10.7. The third kappa shape index (κ3) is 4.38. The van der Waals surface area contributed by atoms with Crippen molar-refractivity contribution < 1.29 is 4.79 Å². The lowest BCUT2D eigenvalue weighted by atomic mass is 10.1. The number of hydrogen-bond donors (Lipinski definition) is 1. The summed E-state index contributed by atoms with van der Waals surface area (Å²) in [5.41, 5.74) is 2.81. The first-order valence-corrected chi connectivity index (χ1v) is 6.41. The van der Waals surface area contributed by atoms with Gasteiger partial charge in [-0.2, -0.15) is 0 Å². The van der Waals surface area contributed by atoms with E-state index in [2.05, 4.69) is 11.6 Å². The van der Waals surface area contributed by atoms with Crippen molar-refractivity contribution in [3.63, 3.8) is 0 Å². The standard InChI is InChI=1S/C10H13NOS.C2H6/c1-3-8-4-5-10(11-13-2)9(6-8)7-12;1-2/h4-7,11H,3H2,1-2H3;1-2H3. The van der Waals surface area contributed by atoms with Crippen LogP contribution in [0.4, 0.5) is 5.69 Å². The highest BCUT2D eigenvalue weighted by Crippen LogP contribution is 2.18. The van der Waals surface area contributed by atoms with E-state index in [1.54, 1.807) is 0 Å². The van der Waals surface area contributed by atoms with Gasteiger partial charge in [-0.3, -0.25) is 4.79 Å².